The molecule has 0 spiro atoms. The molecule has 1 heterocycles. The van der Waals surface area contributed by atoms with E-state index in [-0.39, 0.29) is 5.95 Å². The summed E-state index contributed by atoms with van der Waals surface area (Å²) in [7, 11) is 0. The molecule has 1 aliphatic rings. The van der Waals surface area contributed by atoms with Gasteiger partial charge in [-0.1, -0.05) is 0 Å². The molecule has 1 unspecified atom stereocenters. The molecule has 0 aromatic carbocycles. The van der Waals surface area contributed by atoms with E-state index in [1.807, 2.05) is 13.8 Å². The number of aliphatic hydroxyl groups is 1. The summed E-state index contributed by atoms with van der Waals surface area (Å²) in [4.78, 5) is 4.56. The molecule has 0 radical (unpaired) electrons. The lowest BCUT2D eigenvalue weighted by molar-refractivity contribution is -0.932. The number of nitrogens with one attached hydrogen (secondary N) is 2. The van der Waals surface area contributed by atoms with Crippen molar-refractivity contribution in [3.8, 4) is 0 Å². The van der Waals surface area contributed by atoms with Crippen molar-refractivity contribution in [2.24, 2.45) is 0 Å². The maximum atomic E-state index is 8.70. The van der Waals surface area contributed by atoms with Crippen molar-refractivity contribution < 1.29 is 15.0 Å². The summed E-state index contributed by atoms with van der Waals surface area (Å²) in [6.45, 7) is 4.03. The van der Waals surface area contributed by atoms with Crippen LogP contribution in [0, 0.1) is 0 Å². The first-order chi connectivity index (χ1) is 4.20. The first kappa shape index (κ1) is 6.38. The van der Waals surface area contributed by atoms with Crippen LogP contribution in [0.2, 0.25) is 0 Å². The van der Waals surface area contributed by atoms with Crippen molar-refractivity contribution >= 4 is 0 Å². The molecule has 0 bridgehead atoms. The van der Waals surface area contributed by atoms with Gasteiger partial charge in [-0.25, -0.2) is 0 Å². The molecule has 0 saturated carbocycles. The van der Waals surface area contributed by atoms with Gasteiger partial charge in [0.25, 0.3) is 0 Å². The number of rotatable bonds is 1. The van der Waals surface area contributed by atoms with Crippen LogP contribution in [0.1, 0.15) is 13.8 Å². The van der Waals surface area contributed by atoms with E-state index in [1.54, 1.807) is 6.20 Å². The van der Waals surface area contributed by atoms with E-state index in [9.17, 15) is 0 Å². The van der Waals surface area contributed by atoms with E-state index in [0.29, 0.717) is 6.04 Å². The van der Waals surface area contributed by atoms with E-state index in [1.165, 1.54) is 0 Å². The first-order valence-corrected chi connectivity index (χ1v) is 2.90. The van der Waals surface area contributed by atoms with E-state index in [2.05, 4.69) is 10.4 Å². The highest BCUT2D eigenvalue weighted by molar-refractivity contribution is 4.71. The minimum atomic E-state index is -0.0568. The molecule has 0 aliphatic carbocycles. The smallest absolute Gasteiger partial charge is 0.359 e. The Bertz CT molecular complexity index is 133. The topological polar surface area (TPSA) is 45.9 Å². The van der Waals surface area contributed by atoms with E-state index >= 15 is 0 Å². The zero-order chi connectivity index (χ0) is 6.85. The second-order valence-corrected chi connectivity index (χ2v) is 2.30. The highest BCUT2D eigenvalue weighted by Crippen LogP contribution is 1.86. The first-order valence-electron chi connectivity index (χ1n) is 2.90. The van der Waals surface area contributed by atoms with Crippen LogP contribution in [0.5, 0.6) is 0 Å². The average Bonchev–Trinajstić information content (AvgIpc) is 2.14. The molecule has 52 valence electrons. The van der Waals surface area contributed by atoms with Crippen LogP contribution in [-0.2, 0) is 4.84 Å². The minimum Gasteiger partial charge on any atom is -0.476 e. The normalized spacial score (nSPS) is 26.1. The fraction of sp³-hybridized carbons (Fsp3) is 0.600. The number of aliphatic hydroxyl groups excluding tert-OH is 1. The Morgan fingerprint density at radius 1 is 1.78 bits per heavy atom. The molecular formula is C5H11N2O2+. The number of hydrogen-bond donors (Lipinski definition) is 3. The molecule has 0 saturated heterocycles. The third kappa shape index (κ3) is 1.34. The highest BCUT2D eigenvalue weighted by Gasteiger charge is 2.20. The maximum Gasteiger partial charge on any atom is 0.359 e. The molecule has 4 heteroatoms. The van der Waals surface area contributed by atoms with Crippen LogP contribution in [0.25, 0.3) is 0 Å². The lowest BCUT2D eigenvalue weighted by Gasteiger charge is -2.09. The molecule has 1 aliphatic heterocycles. The van der Waals surface area contributed by atoms with Gasteiger partial charge in [0.15, 0.2) is 6.20 Å². The molecule has 0 aromatic rings. The van der Waals surface area contributed by atoms with Gasteiger partial charge in [0.05, 0.1) is 0 Å². The molecule has 0 fully saturated rings. The molecule has 3 N–H and O–H groups in total. The summed E-state index contributed by atoms with van der Waals surface area (Å²) >= 11 is 0. The van der Waals surface area contributed by atoms with Gasteiger partial charge in [-0.15, -0.1) is 0 Å². The van der Waals surface area contributed by atoms with Gasteiger partial charge in [0.2, 0.25) is 0 Å². The van der Waals surface area contributed by atoms with Crippen LogP contribution >= 0.6 is 0 Å². The monoisotopic (exact) mass is 131 g/mol. The zero-order valence-corrected chi connectivity index (χ0v) is 5.51. The van der Waals surface area contributed by atoms with E-state index < -0.39 is 0 Å². The van der Waals surface area contributed by atoms with Crippen LogP contribution < -0.4 is 10.6 Å². The van der Waals surface area contributed by atoms with Gasteiger partial charge in [-0.2, -0.15) is 5.01 Å². The summed E-state index contributed by atoms with van der Waals surface area (Å²) in [6.07, 6.45) is 1.57. The number of hydrogen-bond acceptors (Lipinski definition) is 3. The van der Waals surface area contributed by atoms with Gasteiger partial charge in [-0.3, -0.25) is 0 Å². The summed E-state index contributed by atoms with van der Waals surface area (Å²) in [5, 5.41) is 9.61. The van der Waals surface area contributed by atoms with Crippen molar-refractivity contribution in [2.75, 3.05) is 0 Å². The van der Waals surface area contributed by atoms with Gasteiger partial charge in [-0.05, 0) is 13.8 Å². The van der Waals surface area contributed by atoms with Crippen molar-refractivity contribution in [3.05, 3.63) is 12.1 Å². The Morgan fingerprint density at radius 3 is 2.67 bits per heavy atom. The van der Waals surface area contributed by atoms with E-state index in [0.717, 1.165) is 5.01 Å². The van der Waals surface area contributed by atoms with Crippen LogP contribution in [0.3, 0.4) is 0 Å². The Hall–Kier alpha value is -0.740. The fourth-order valence-corrected chi connectivity index (χ4v) is 0.588. The van der Waals surface area contributed by atoms with Crippen LogP contribution in [-0.4, -0.2) is 11.1 Å². The molecular weight excluding hydrogens is 120 g/mol. The predicted molar refractivity (Wildman–Crippen MR) is 31.0 cm³/mol. The van der Waals surface area contributed by atoms with Crippen molar-refractivity contribution in [1.82, 2.24) is 5.59 Å². The lowest BCUT2D eigenvalue weighted by Crippen LogP contribution is -3.15. The highest BCUT2D eigenvalue weighted by atomic mass is 16.8. The maximum absolute atomic E-state index is 8.70. The molecule has 0 amide bonds. The Morgan fingerprint density at radius 2 is 2.44 bits per heavy atom. The quantitative estimate of drug-likeness (QED) is 0.431. The third-order valence-corrected chi connectivity index (χ3v) is 1.17. The molecule has 9 heavy (non-hydrogen) atoms. The Labute approximate surface area is 53.6 Å². The van der Waals surface area contributed by atoms with Crippen LogP contribution in [0.4, 0.5) is 0 Å². The SMILES string of the molecule is CC(C)[NH+]1C=C(O)ON1. The van der Waals surface area contributed by atoms with Gasteiger partial charge in [0.1, 0.15) is 6.04 Å². The van der Waals surface area contributed by atoms with Crippen LogP contribution in [0.15, 0.2) is 12.1 Å². The third-order valence-electron chi connectivity index (χ3n) is 1.17. The summed E-state index contributed by atoms with van der Waals surface area (Å²) < 4.78 is 0. The van der Waals surface area contributed by atoms with Crippen molar-refractivity contribution in [2.45, 2.75) is 19.9 Å². The second kappa shape index (κ2) is 2.24. The summed E-state index contributed by atoms with van der Waals surface area (Å²) in [5.74, 6) is -0.0568. The minimum absolute atomic E-state index is 0.0568. The van der Waals surface area contributed by atoms with Gasteiger partial charge < -0.3 is 9.94 Å². The lowest BCUT2D eigenvalue weighted by atomic mass is 10.4. The zero-order valence-electron chi connectivity index (χ0n) is 5.51. The Kier molecular flexibility index (Phi) is 1.59. The predicted octanol–water partition coefficient (Wildman–Crippen LogP) is -0.914. The van der Waals surface area contributed by atoms with Crippen molar-refractivity contribution in [3.63, 3.8) is 0 Å². The molecule has 4 nitrogen and oxygen atoms in total. The molecule has 1 atom stereocenters. The standard InChI is InChI=1S/C5H10N2O2/c1-4(2)7-3-5(8)9-6-7/h3-4,6,8H,1-2H3/p+1. The summed E-state index contributed by atoms with van der Waals surface area (Å²) in [6, 6.07) is 0.370. The fourth-order valence-electron chi connectivity index (χ4n) is 0.588. The second-order valence-electron chi connectivity index (χ2n) is 2.30. The van der Waals surface area contributed by atoms with Gasteiger partial charge >= 0.3 is 5.95 Å². The molecule has 1 rings (SSSR count). The van der Waals surface area contributed by atoms with Gasteiger partial charge in [0, 0.05) is 5.59 Å². The molecule has 0 aromatic heterocycles. The Balaban J connectivity index is 2.47. The summed E-state index contributed by atoms with van der Waals surface area (Å²) in [5.41, 5.74) is 2.58. The van der Waals surface area contributed by atoms with E-state index in [4.69, 9.17) is 5.11 Å². The number of quaternary nitrogens is 1. The largest absolute Gasteiger partial charge is 0.476 e. The average molecular weight is 131 g/mol. The van der Waals surface area contributed by atoms with Crippen molar-refractivity contribution in [1.29, 1.82) is 0 Å².